The van der Waals surface area contributed by atoms with E-state index in [9.17, 15) is 17.6 Å². The molecule has 3 rings (SSSR count). The lowest BCUT2D eigenvalue weighted by atomic mass is 10.0. The van der Waals surface area contributed by atoms with Gasteiger partial charge in [-0.2, -0.15) is 13.2 Å². The number of anilines is 1. The molecule has 0 unspecified atom stereocenters. The van der Waals surface area contributed by atoms with Gasteiger partial charge in [0.1, 0.15) is 5.82 Å². The molecule has 2 aromatic carbocycles. The van der Waals surface area contributed by atoms with Crippen LogP contribution < -0.4 is 5.32 Å². The Hall–Kier alpha value is -2.52. The summed E-state index contributed by atoms with van der Waals surface area (Å²) in [5.74, 6) is 5.86. The fourth-order valence-corrected chi connectivity index (χ4v) is 3.23. The van der Waals surface area contributed by atoms with Crippen LogP contribution in [0.4, 0.5) is 23.2 Å². The number of halogens is 4. The molecule has 1 heterocycles. The van der Waals surface area contributed by atoms with Crippen LogP contribution in [-0.2, 0) is 6.18 Å². The first-order valence-corrected chi connectivity index (χ1v) is 9.31. The predicted molar refractivity (Wildman–Crippen MR) is 102 cm³/mol. The minimum atomic E-state index is -4.32. The molecule has 0 aliphatic carbocycles. The van der Waals surface area contributed by atoms with E-state index in [0.29, 0.717) is 5.69 Å². The Morgan fingerprint density at radius 3 is 2.43 bits per heavy atom. The average molecular weight is 390 g/mol. The summed E-state index contributed by atoms with van der Waals surface area (Å²) in [5.41, 5.74) is 0.679. The average Bonchev–Trinajstić information content (AvgIpc) is 2.67. The van der Waals surface area contributed by atoms with Gasteiger partial charge in [0.25, 0.3) is 0 Å². The van der Waals surface area contributed by atoms with Gasteiger partial charge in [-0.25, -0.2) is 4.39 Å². The number of rotatable bonds is 4. The number of benzene rings is 2. The van der Waals surface area contributed by atoms with Gasteiger partial charge in [0.15, 0.2) is 0 Å². The number of hydrogen-bond donors (Lipinski definition) is 1. The molecule has 0 amide bonds. The highest BCUT2D eigenvalue weighted by molar-refractivity contribution is 5.47. The lowest BCUT2D eigenvalue weighted by Gasteiger charge is -2.32. The molecular formula is C22H22F4N2. The van der Waals surface area contributed by atoms with Crippen molar-refractivity contribution >= 4 is 5.69 Å². The quantitative estimate of drug-likeness (QED) is 0.573. The Labute approximate surface area is 162 Å². The van der Waals surface area contributed by atoms with Gasteiger partial charge in [-0.1, -0.05) is 17.9 Å². The Kier molecular flexibility index (Phi) is 6.58. The molecule has 0 spiro atoms. The van der Waals surface area contributed by atoms with Gasteiger partial charge in [0.2, 0.25) is 0 Å². The van der Waals surface area contributed by atoms with E-state index >= 15 is 0 Å². The highest BCUT2D eigenvalue weighted by Crippen LogP contribution is 2.31. The minimum Gasteiger partial charge on any atom is -0.382 e. The third kappa shape index (κ3) is 6.00. The monoisotopic (exact) mass is 390 g/mol. The van der Waals surface area contributed by atoms with E-state index in [-0.39, 0.29) is 11.9 Å². The summed E-state index contributed by atoms with van der Waals surface area (Å²) < 4.78 is 51.3. The van der Waals surface area contributed by atoms with E-state index in [2.05, 4.69) is 22.1 Å². The topological polar surface area (TPSA) is 15.3 Å². The van der Waals surface area contributed by atoms with Crippen LogP contribution in [0.25, 0.3) is 0 Å². The predicted octanol–water partition coefficient (Wildman–Crippen LogP) is 5.16. The van der Waals surface area contributed by atoms with Crippen LogP contribution in [0.3, 0.4) is 0 Å². The Morgan fingerprint density at radius 2 is 1.75 bits per heavy atom. The van der Waals surface area contributed by atoms with Crippen LogP contribution >= 0.6 is 0 Å². The SMILES string of the molecule is Fc1ccc(C#CCCN2CCC(Nc3cccc(C(F)(F)F)c3)CC2)cc1. The number of hydrogen-bond acceptors (Lipinski definition) is 2. The number of nitrogens with one attached hydrogen (secondary N) is 1. The van der Waals surface area contributed by atoms with E-state index < -0.39 is 11.7 Å². The van der Waals surface area contributed by atoms with Crippen molar-refractivity contribution in [1.29, 1.82) is 0 Å². The largest absolute Gasteiger partial charge is 0.416 e. The summed E-state index contributed by atoms with van der Waals surface area (Å²) in [5, 5.41) is 3.22. The Balaban J connectivity index is 1.42. The minimum absolute atomic E-state index is 0.171. The van der Waals surface area contributed by atoms with Crippen LogP contribution in [0, 0.1) is 17.7 Å². The van der Waals surface area contributed by atoms with Gasteiger partial charge >= 0.3 is 6.18 Å². The molecule has 0 radical (unpaired) electrons. The third-order valence-corrected chi connectivity index (χ3v) is 4.78. The van der Waals surface area contributed by atoms with Crippen LogP contribution in [0.15, 0.2) is 48.5 Å². The number of likely N-dealkylation sites (tertiary alicyclic amines) is 1. The van der Waals surface area contributed by atoms with Gasteiger partial charge in [-0.15, -0.1) is 0 Å². The van der Waals surface area contributed by atoms with E-state index in [0.717, 1.165) is 56.6 Å². The summed E-state index contributed by atoms with van der Waals surface area (Å²) in [4.78, 5) is 2.31. The van der Waals surface area contributed by atoms with Gasteiger partial charge in [0.05, 0.1) is 5.56 Å². The van der Waals surface area contributed by atoms with Crippen molar-refractivity contribution in [3.8, 4) is 11.8 Å². The van der Waals surface area contributed by atoms with Crippen LogP contribution in [0.5, 0.6) is 0 Å². The maximum atomic E-state index is 12.8. The number of piperidine rings is 1. The first kappa shape index (κ1) is 20.2. The molecule has 2 nitrogen and oxygen atoms in total. The molecule has 6 heteroatoms. The van der Waals surface area contributed by atoms with Crippen molar-refractivity contribution in [2.75, 3.05) is 25.0 Å². The molecule has 0 aromatic heterocycles. The molecule has 148 valence electrons. The summed E-state index contributed by atoms with van der Waals surface area (Å²) in [6.45, 7) is 2.62. The van der Waals surface area contributed by atoms with Gasteiger partial charge in [0, 0.05) is 43.3 Å². The first-order chi connectivity index (χ1) is 13.4. The molecule has 0 bridgehead atoms. The molecule has 1 aliphatic rings. The van der Waals surface area contributed by atoms with Crippen molar-refractivity contribution in [2.24, 2.45) is 0 Å². The first-order valence-electron chi connectivity index (χ1n) is 9.31. The maximum absolute atomic E-state index is 12.8. The molecule has 1 fully saturated rings. The zero-order chi connectivity index (χ0) is 20.0. The second-order valence-corrected chi connectivity index (χ2v) is 6.90. The van der Waals surface area contributed by atoms with Crippen molar-refractivity contribution < 1.29 is 17.6 Å². The maximum Gasteiger partial charge on any atom is 0.416 e. The lowest BCUT2D eigenvalue weighted by molar-refractivity contribution is -0.137. The van der Waals surface area contributed by atoms with Crippen LogP contribution in [0.1, 0.15) is 30.4 Å². The van der Waals surface area contributed by atoms with Gasteiger partial charge in [-0.05, 0) is 55.3 Å². The zero-order valence-electron chi connectivity index (χ0n) is 15.4. The highest BCUT2D eigenvalue weighted by Gasteiger charge is 2.30. The molecule has 1 N–H and O–H groups in total. The third-order valence-electron chi connectivity index (χ3n) is 4.78. The van der Waals surface area contributed by atoms with Crippen molar-refractivity contribution in [3.05, 3.63) is 65.5 Å². The Bertz CT molecular complexity index is 826. The second kappa shape index (κ2) is 9.11. The molecule has 2 aromatic rings. The standard InChI is InChI=1S/C22H22F4N2/c23-19-9-7-17(8-10-19)4-1-2-13-28-14-11-20(12-15-28)27-21-6-3-5-18(16-21)22(24,25)26/h3,5-10,16,20,27H,2,11-15H2. The summed E-state index contributed by atoms with van der Waals surface area (Å²) in [6.07, 6.45) is -1.84. The van der Waals surface area contributed by atoms with Crippen molar-refractivity contribution in [2.45, 2.75) is 31.5 Å². The van der Waals surface area contributed by atoms with Crippen molar-refractivity contribution in [3.63, 3.8) is 0 Å². The smallest absolute Gasteiger partial charge is 0.382 e. The fraction of sp³-hybridized carbons (Fsp3) is 0.364. The molecular weight excluding hydrogens is 368 g/mol. The van der Waals surface area contributed by atoms with Crippen molar-refractivity contribution in [1.82, 2.24) is 4.90 Å². The summed E-state index contributed by atoms with van der Waals surface area (Å²) in [6, 6.07) is 11.6. The van der Waals surface area contributed by atoms with E-state index in [4.69, 9.17) is 0 Å². The molecule has 0 saturated carbocycles. The van der Waals surface area contributed by atoms with E-state index in [1.807, 2.05) is 0 Å². The van der Waals surface area contributed by atoms with E-state index in [1.165, 1.54) is 18.2 Å². The van der Waals surface area contributed by atoms with Gasteiger partial charge < -0.3 is 10.2 Å². The fourth-order valence-electron chi connectivity index (χ4n) is 3.23. The highest BCUT2D eigenvalue weighted by atomic mass is 19.4. The molecule has 1 aliphatic heterocycles. The summed E-state index contributed by atoms with van der Waals surface area (Å²) >= 11 is 0. The normalized spacial score (nSPS) is 15.7. The van der Waals surface area contributed by atoms with E-state index in [1.54, 1.807) is 18.2 Å². The lowest BCUT2D eigenvalue weighted by Crippen LogP contribution is -2.39. The molecule has 1 saturated heterocycles. The second-order valence-electron chi connectivity index (χ2n) is 6.90. The summed E-state index contributed by atoms with van der Waals surface area (Å²) in [7, 11) is 0. The number of nitrogens with zero attached hydrogens (tertiary/aromatic N) is 1. The Morgan fingerprint density at radius 1 is 1.04 bits per heavy atom. The molecule has 28 heavy (non-hydrogen) atoms. The van der Waals surface area contributed by atoms with Gasteiger partial charge in [-0.3, -0.25) is 0 Å². The molecule has 0 atom stereocenters. The zero-order valence-corrected chi connectivity index (χ0v) is 15.4. The van der Waals surface area contributed by atoms with Crippen LogP contribution in [0.2, 0.25) is 0 Å². The van der Waals surface area contributed by atoms with Crippen LogP contribution in [-0.4, -0.2) is 30.6 Å². The number of alkyl halides is 3.